The highest BCUT2D eigenvalue weighted by Gasteiger charge is 2.28. The number of nitrogens with zero attached hydrogens (tertiary/aromatic N) is 3. The number of rotatable bonds is 4. The maximum atomic E-state index is 12.9. The van der Waals surface area contributed by atoms with Gasteiger partial charge in [-0.1, -0.05) is 49.2 Å². The van der Waals surface area contributed by atoms with Crippen LogP contribution in [0.1, 0.15) is 49.7 Å². The number of fused-ring (bicyclic) bond motifs is 2. The number of ether oxygens (including phenoxy) is 3. The largest absolute Gasteiger partial charge is 0.490 e. The Hall–Kier alpha value is -3.58. The molecule has 1 saturated heterocycles. The lowest BCUT2D eigenvalue weighted by atomic mass is 10.0. The van der Waals surface area contributed by atoms with Crippen molar-refractivity contribution in [2.75, 3.05) is 32.8 Å². The molecule has 3 heterocycles. The summed E-state index contributed by atoms with van der Waals surface area (Å²) >= 11 is 0. The Morgan fingerprint density at radius 3 is 2.54 bits per heavy atom. The molecule has 0 unspecified atom stereocenters. The minimum absolute atomic E-state index is 0.0570. The van der Waals surface area contributed by atoms with Crippen LogP contribution in [0.4, 0.5) is 0 Å². The SMILES string of the molecule is Cc1ccccc1OCC(=O)N1CCC(N2CCCCCCOc3ccccc3Oc3ncccc3C2)CC1. The fraction of sp³-hybridized carbons (Fsp3) is 0.438. The van der Waals surface area contributed by atoms with Crippen LogP contribution in [0, 0.1) is 6.92 Å². The van der Waals surface area contributed by atoms with Crippen molar-refractivity contribution in [3.8, 4) is 23.1 Å². The third-order valence-electron chi connectivity index (χ3n) is 7.65. The molecule has 39 heavy (non-hydrogen) atoms. The molecule has 0 N–H and O–H groups in total. The first-order chi connectivity index (χ1) is 19.2. The predicted molar refractivity (Wildman–Crippen MR) is 151 cm³/mol. The van der Waals surface area contributed by atoms with Gasteiger partial charge < -0.3 is 19.1 Å². The second kappa shape index (κ2) is 13.5. The number of aryl methyl sites for hydroxylation is 1. The van der Waals surface area contributed by atoms with Crippen LogP contribution in [0.5, 0.6) is 23.1 Å². The molecule has 2 aliphatic heterocycles. The van der Waals surface area contributed by atoms with E-state index in [1.807, 2.05) is 66.4 Å². The number of likely N-dealkylation sites (tertiary alicyclic amines) is 1. The topological polar surface area (TPSA) is 64.1 Å². The smallest absolute Gasteiger partial charge is 0.260 e. The zero-order valence-electron chi connectivity index (χ0n) is 22.9. The quantitative estimate of drug-likeness (QED) is 0.413. The molecule has 2 aliphatic rings. The number of hydrogen-bond donors (Lipinski definition) is 0. The molecule has 0 radical (unpaired) electrons. The molecule has 0 saturated carbocycles. The Bertz CT molecular complexity index is 1230. The van der Waals surface area contributed by atoms with Crippen LogP contribution >= 0.6 is 0 Å². The molecule has 7 heteroatoms. The van der Waals surface area contributed by atoms with Crippen molar-refractivity contribution in [3.63, 3.8) is 0 Å². The number of hydrogen-bond acceptors (Lipinski definition) is 6. The predicted octanol–water partition coefficient (Wildman–Crippen LogP) is 6.01. The molecule has 2 aromatic carbocycles. The third-order valence-corrected chi connectivity index (χ3v) is 7.65. The Morgan fingerprint density at radius 2 is 1.69 bits per heavy atom. The number of para-hydroxylation sites is 3. The van der Waals surface area contributed by atoms with Gasteiger partial charge in [0.1, 0.15) is 5.75 Å². The summed E-state index contributed by atoms with van der Waals surface area (Å²) in [4.78, 5) is 22.0. The summed E-state index contributed by atoms with van der Waals surface area (Å²) in [6, 6.07) is 20.1. The average Bonchev–Trinajstić information content (AvgIpc) is 2.97. The summed E-state index contributed by atoms with van der Waals surface area (Å²) in [6.07, 6.45) is 8.14. The molecule has 7 nitrogen and oxygen atoms in total. The van der Waals surface area contributed by atoms with Crippen molar-refractivity contribution >= 4 is 5.91 Å². The highest BCUT2D eigenvalue weighted by atomic mass is 16.5. The minimum Gasteiger partial charge on any atom is -0.490 e. The van der Waals surface area contributed by atoms with Gasteiger partial charge in [-0.05, 0) is 69.0 Å². The maximum absolute atomic E-state index is 12.9. The van der Waals surface area contributed by atoms with E-state index < -0.39 is 0 Å². The van der Waals surface area contributed by atoms with Gasteiger partial charge in [-0.3, -0.25) is 9.69 Å². The van der Waals surface area contributed by atoms with Crippen LogP contribution in [-0.4, -0.2) is 59.6 Å². The first kappa shape index (κ1) is 27.0. The lowest BCUT2D eigenvalue weighted by molar-refractivity contribution is -0.135. The van der Waals surface area contributed by atoms with E-state index in [0.717, 1.165) is 80.9 Å². The molecule has 3 aromatic rings. The van der Waals surface area contributed by atoms with Gasteiger partial charge in [-0.25, -0.2) is 4.98 Å². The fourth-order valence-corrected chi connectivity index (χ4v) is 5.39. The highest BCUT2D eigenvalue weighted by molar-refractivity contribution is 5.77. The summed E-state index contributed by atoms with van der Waals surface area (Å²) in [7, 11) is 0. The molecule has 1 fully saturated rings. The van der Waals surface area contributed by atoms with Gasteiger partial charge in [0.2, 0.25) is 5.88 Å². The number of benzene rings is 2. The Labute approximate surface area is 231 Å². The van der Waals surface area contributed by atoms with E-state index in [1.165, 1.54) is 6.42 Å². The van der Waals surface area contributed by atoms with E-state index in [-0.39, 0.29) is 12.5 Å². The Balaban J connectivity index is 1.24. The summed E-state index contributed by atoms with van der Waals surface area (Å²) in [5.41, 5.74) is 2.11. The summed E-state index contributed by atoms with van der Waals surface area (Å²) < 4.78 is 18.2. The molecule has 206 valence electrons. The highest BCUT2D eigenvalue weighted by Crippen LogP contribution is 2.33. The van der Waals surface area contributed by atoms with E-state index in [4.69, 9.17) is 14.2 Å². The molecule has 5 rings (SSSR count). The van der Waals surface area contributed by atoms with Crippen LogP contribution in [0.3, 0.4) is 0 Å². The number of pyridine rings is 1. The van der Waals surface area contributed by atoms with Crippen LogP contribution in [0.25, 0.3) is 0 Å². The van der Waals surface area contributed by atoms with E-state index in [2.05, 4.69) is 16.0 Å². The standard InChI is InChI=1S/C32H39N3O4/c1-25-11-4-5-13-28(25)38-24-31(36)34-20-16-27(17-21-34)35-19-8-2-3-9-22-37-29-14-6-7-15-30(29)39-32-26(23-35)12-10-18-33-32/h4-7,10-15,18,27H,2-3,8-9,16-17,19-24H2,1H3. The van der Waals surface area contributed by atoms with E-state index in [0.29, 0.717) is 24.3 Å². The lowest BCUT2D eigenvalue weighted by Gasteiger charge is -2.39. The first-order valence-corrected chi connectivity index (χ1v) is 14.2. The normalized spacial score (nSPS) is 17.6. The molecular weight excluding hydrogens is 490 g/mol. The number of piperidine rings is 1. The van der Waals surface area contributed by atoms with Gasteiger partial charge in [0.05, 0.1) is 6.61 Å². The van der Waals surface area contributed by atoms with E-state index >= 15 is 0 Å². The number of amides is 1. The van der Waals surface area contributed by atoms with Gasteiger partial charge in [0, 0.05) is 37.4 Å². The second-order valence-electron chi connectivity index (χ2n) is 10.4. The molecule has 1 amide bonds. The Morgan fingerprint density at radius 1 is 0.923 bits per heavy atom. The minimum atomic E-state index is 0.0570. The van der Waals surface area contributed by atoms with Gasteiger partial charge >= 0.3 is 0 Å². The summed E-state index contributed by atoms with van der Waals surface area (Å²) in [5, 5.41) is 0. The van der Waals surface area contributed by atoms with Gasteiger partial charge in [0.25, 0.3) is 5.91 Å². The molecule has 0 spiro atoms. The molecule has 0 aliphatic carbocycles. The zero-order valence-corrected chi connectivity index (χ0v) is 22.9. The van der Waals surface area contributed by atoms with Crippen molar-refractivity contribution < 1.29 is 19.0 Å². The van der Waals surface area contributed by atoms with E-state index in [1.54, 1.807) is 6.20 Å². The molecule has 0 atom stereocenters. The monoisotopic (exact) mass is 529 g/mol. The van der Waals surface area contributed by atoms with Crippen LogP contribution in [-0.2, 0) is 11.3 Å². The third kappa shape index (κ3) is 7.30. The number of aromatic nitrogens is 1. The fourth-order valence-electron chi connectivity index (χ4n) is 5.39. The van der Waals surface area contributed by atoms with Crippen molar-refractivity contribution in [3.05, 3.63) is 78.0 Å². The summed E-state index contributed by atoms with van der Waals surface area (Å²) in [6.45, 7) is 6.04. The van der Waals surface area contributed by atoms with Crippen molar-refractivity contribution in [1.29, 1.82) is 0 Å². The molecular formula is C32H39N3O4. The summed E-state index contributed by atoms with van der Waals surface area (Å²) in [5.74, 6) is 2.90. The van der Waals surface area contributed by atoms with E-state index in [9.17, 15) is 4.79 Å². The van der Waals surface area contributed by atoms with Gasteiger partial charge in [-0.2, -0.15) is 0 Å². The van der Waals surface area contributed by atoms with Crippen molar-refractivity contribution in [1.82, 2.24) is 14.8 Å². The van der Waals surface area contributed by atoms with Crippen molar-refractivity contribution in [2.24, 2.45) is 0 Å². The zero-order chi connectivity index (χ0) is 26.9. The first-order valence-electron chi connectivity index (χ1n) is 14.2. The van der Waals surface area contributed by atoms with Crippen molar-refractivity contribution in [2.45, 2.75) is 58.0 Å². The van der Waals surface area contributed by atoms with Crippen LogP contribution < -0.4 is 14.2 Å². The molecule has 0 bridgehead atoms. The van der Waals surface area contributed by atoms with Gasteiger partial charge in [0.15, 0.2) is 18.1 Å². The average molecular weight is 530 g/mol. The molecule has 1 aromatic heterocycles. The Kier molecular flexibility index (Phi) is 9.33. The van der Waals surface area contributed by atoms with Crippen LogP contribution in [0.2, 0.25) is 0 Å². The lowest BCUT2D eigenvalue weighted by Crippen LogP contribution is -2.48. The van der Waals surface area contributed by atoms with Crippen LogP contribution in [0.15, 0.2) is 66.9 Å². The maximum Gasteiger partial charge on any atom is 0.260 e. The second-order valence-corrected chi connectivity index (χ2v) is 10.4. The van der Waals surface area contributed by atoms with Gasteiger partial charge in [-0.15, -0.1) is 0 Å². The number of carbonyl (C=O) groups excluding carboxylic acids is 1. The number of carbonyl (C=O) groups is 1.